The van der Waals surface area contributed by atoms with Crippen LogP contribution in [0.2, 0.25) is 0 Å². The Labute approximate surface area is 176 Å². The number of esters is 1. The Morgan fingerprint density at radius 3 is 2.23 bits per heavy atom. The fourth-order valence-electron chi connectivity index (χ4n) is 2.92. The molecule has 0 bridgehead atoms. The number of carbonyl (C=O) groups excluding carboxylic acids is 2. The highest BCUT2D eigenvalue weighted by Crippen LogP contribution is 2.16. The Morgan fingerprint density at radius 2 is 1.50 bits per heavy atom. The third kappa shape index (κ3) is 6.21. The van der Waals surface area contributed by atoms with Crippen molar-refractivity contribution in [2.24, 2.45) is 0 Å². The molecule has 30 heavy (non-hydrogen) atoms. The van der Waals surface area contributed by atoms with Gasteiger partial charge in [0.05, 0.1) is 5.56 Å². The molecule has 0 aliphatic heterocycles. The van der Waals surface area contributed by atoms with E-state index in [0.29, 0.717) is 29.8 Å². The topological polar surface area (TPSA) is 64.6 Å². The SMILES string of the molecule is C[C@H](OC(=O)c1ccccc1COc1ccccc1)C(=O)NCCc1ccccc1. The summed E-state index contributed by atoms with van der Waals surface area (Å²) in [6, 6.07) is 26.3. The van der Waals surface area contributed by atoms with Crippen molar-refractivity contribution in [2.75, 3.05) is 6.54 Å². The molecule has 1 amide bonds. The zero-order valence-electron chi connectivity index (χ0n) is 16.9. The van der Waals surface area contributed by atoms with E-state index in [1.165, 1.54) is 0 Å². The van der Waals surface area contributed by atoms with E-state index in [1.54, 1.807) is 19.1 Å². The van der Waals surface area contributed by atoms with E-state index in [4.69, 9.17) is 9.47 Å². The van der Waals surface area contributed by atoms with E-state index >= 15 is 0 Å². The van der Waals surface area contributed by atoms with Crippen molar-refractivity contribution >= 4 is 11.9 Å². The average Bonchev–Trinajstić information content (AvgIpc) is 2.79. The van der Waals surface area contributed by atoms with Crippen molar-refractivity contribution in [3.63, 3.8) is 0 Å². The number of rotatable bonds is 9. The first-order chi connectivity index (χ1) is 14.6. The summed E-state index contributed by atoms with van der Waals surface area (Å²) in [5, 5.41) is 2.81. The Hall–Kier alpha value is -3.60. The van der Waals surface area contributed by atoms with Gasteiger partial charge in [0.25, 0.3) is 5.91 Å². The maximum absolute atomic E-state index is 12.6. The van der Waals surface area contributed by atoms with Gasteiger partial charge in [0.2, 0.25) is 0 Å². The van der Waals surface area contributed by atoms with Crippen molar-refractivity contribution in [1.29, 1.82) is 0 Å². The van der Waals surface area contributed by atoms with E-state index in [9.17, 15) is 9.59 Å². The second-order valence-corrected chi connectivity index (χ2v) is 6.83. The van der Waals surface area contributed by atoms with Crippen LogP contribution in [-0.2, 0) is 22.6 Å². The maximum atomic E-state index is 12.6. The second kappa shape index (κ2) is 10.8. The van der Waals surface area contributed by atoms with Crippen molar-refractivity contribution in [3.05, 3.63) is 102 Å². The molecule has 3 rings (SSSR count). The van der Waals surface area contributed by atoms with Crippen LogP contribution >= 0.6 is 0 Å². The van der Waals surface area contributed by atoms with Crippen molar-refractivity contribution in [1.82, 2.24) is 5.32 Å². The van der Waals surface area contributed by atoms with Gasteiger partial charge in [-0.2, -0.15) is 0 Å². The summed E-state index contributed by atoms with van der Waals surface area (Å²) in [5.41, 5.74) is 2.22. The summed E-state index contributed by atoms with van der Waals surface area (Å²) in [6.45, 7) is 2.28. The van der Waals surface area contributed by atoms with Gasteiger partial charge < -0.3 is 14.8 Å². The third-order valence-corrected chi connectivity index (χ3v) is 4.58. The number of nitrogens with one attached hydrogen (secondary N) is 1. The average molecular weight is 403 g/mol. The highest BCUT2D eigenvalue weighted by molar-refractivity contribution is 5.93. The molecule has 0 aliphatic rings. The molecule has 5 heteroatoms. The lowest BCUT2D eigenvalue weighted by atomic mass is 10.1. The first-order valence-electron chi connectivity index (χ1n) is 9.92. The lowest BCUT2D eigenvalue weighted by Crippen LogP contribution is -2.37. The molecule has 1 N–H and O–H groups in total. The largest absolute Gasteiger partial charge is 0.489 e. The monoisotopic (exact) mass is 403 g/mol. The van der Waals surface area contributed by atoms with Gasteiger partial charge in [-0.3, -0.25) is 4.79 Å². The number of hydrogen-bond donors (Lipinski definition) is 1. The lowest BCUT2D eigenvalue weighted by Gasteiger charge is -2.15. The molecule has 0 spiro atoms. The normalized spacial score (nSPS) is 11.4. The smallest absolute Gasteiger partial charge is 0.339 e. The van der Waals surface area contributed by atoms with Crippen LogP contribution in [0.15, 0.2) is 84.9 Å². The highest BCUT2D eigenvalue weighted by atomic mass is 16.5. The Balaban J connectivity index is 1.52. The van der Waals surface area contributed by atoms with Gasteiger partial charge in [-0.25, -0.2) is 4.79 Å². The van der Waals surface area contributed by atoms with Gasteiger partial charge in [0.1, 0.15) is 12.4 Å². The van der Waals surface area contributed by atoms with Crippen LogP contribution in [0.4, 0.5) is 0 Å². The maximum Gasteiger partial charge on any atom is 0.339 e. The number of benzene rings is 3. The summed E-state index contributed by atoms with van der Waals surface area (Å²) >= 11 is 0. The molecule has 154 valence electrons. The number of hydrogen-bond acceptors (Lipinski definition) is 4. The van der Waals surface area contributed by atoms with E-state index in [1.807, 2.05) is 72.8 Å². The Morgan fingerprint density at radius 1 is 0.867 bits per heavy atom. The molecule has 0 aliphatic carbocycles. The molecule has 0 fully saturated rings. The summed E-state index contributed by atoms with van der Waals surface area (Å²) in [5.74, 6) is -0.155. The van der Waals surface area contributed by atoms with Crippen molar-refractivity contribution in [3.8, 4) is 5.75 Å². The molecule has 0 heterocycles. The van der Waals surface area contributed by atoms with Crippen LogP contribution in [0.1, 0.15) is 28.4 Å². The molecular formula is C25H25NO4. The van der Waals surface area contributed by atoms with E-state index in [-0.39, 0.29) is 12.5 Å². The zero-order valence-corrected chi connectivity index (χ0v) is 16.9. The molecule has 3 aromatic rings. The van der Waals surface area contributed by atoms with E-state index in [0.717, 1.165) is 5.56 Å². The first kappa shape index (κ1) is 21.1. The quantitative estimate of drug-likeness (QED) is 0.545. The van der Waals surface area contributed by atoms with Crippen LogP contribution in [-0.4, -0.2) is 24.5 Å². The molecule has 0 unspecified atom stereocenters. The Kier molecular flexibility index (Phi) is 7.61. The van der Waals surface area contributed by atoms with Crippen molar-refractivity contribution in [2.45, 2.75) is 26.1 Å². The second-order valence-electron chi connectivity index (χ2n) is 6.83. The summed E-state index contributed by atoms with van der Waals surface area (Å²) in [7, 11) is 0. The van der Waals surface area contributed by atoms with Crippen LogP contribution in [0.3, 0.4) is 0 Å². The van der Waals surface area contributed by atoms with Crippen LogP contribution < -0.4 is 10.1 Å². The van der Waals surface area contributed by atoms with Gasteiger partial charge in [-0.15, -0.1) is 0 Å². The third-order valence-electron chi connectivity index (χ3n) is 4.58. The van der Waals surface area contributed by atoms with E-state index in [2.05, 4.69) is 5.32 Å². The first-order valence-corrected chi connectivity index (χ1v) is 9.92. The standard InChI is InChI=1S/C25H25NO4/c1-19(24(27)26-17-16-20-10-4-2-5-11-20)30-25(28)23-15-9-8-12-21(23)18-29-22-13-6-3-7-14-22/h2-15,19H,16-18H2,1H3,(H,26,27)/t19-/m0/s1. The van der Waals surface area contributed by atoms with Gasteiger partial charge in [-0.05, 0) is 37.1 Å². The molecule has 0 saturated heterocycles. The predicted octanol–water partition coefficient (Wildman–Crippen LogP) is 4.17. The number of ether oxygens (including phenoxy) is 2. The highest BCUT2D eigenvalue weighted by Gasteiger charge is 2.20. The number of amides is 1. The molecule has 1 atom stereocenters. The minimum Gasteiger partial charge on any atom is -0.489 e. The minimum atomic E-state index is -0.892. The van der Waals surface area contributed by atoms with Crippen LogP contribution in [0.25, 0.3) is 0 Å². The zero-order chi connectivity index (χ0) is 21.2. The molecule has 0 radical (unpaired) electrons. The van der Waals surface area contributed by atoms with Crippen LogP contribution in [0, 0.1) is 0 Å². The number of carbonyl (C=O) groups is 2. The molecule has 5 nitrogen and oxygen atoms in total. The summed E-state index contributed by atoms with van der Waals surface area (Å²) in [4.78, 5) is 24.9. The molecular weight excluding hydrogens is 378 g/mol. The predicted molar refractivity (Wildman–Crippen MR) is 115 cm³/mol. The van der Waals surface area contributed by atoms with Gasteiger partial charge >= 0.3 is 5.97 Å². The Bertz CT molecular complexity index is 957. The minimum absolute atomic E-state index is 0.229. The molecule has 0 aromatic heterocycles. The number of para-hydroxylation sites is 1. The fourth-order valence-corrected chi connectivity index (χ4v) is 2.92. The van der Waals surface area contributed by atoms with Gasteiger partial charge in [0.15, 0.2) is 6.10 Å². The lowest BCUT2D eigenvalue weighted by molar-refractivity contribution is -0.129. The van der Waals surface area contributed by atoms with Gasteiger partial charge in [-0.1, -0.05) is 66.7 Å². The van der Waals surface area contributed by atoms with Crippen molar-refractivity contribution < 1.29 is 19.1 Å². The molecule has 3 aromatic carbocycles. The van der Waals surface area contributed by atoms with Gasteiger partial charge in [0, 0.05) is 12.1 Å². The molecule has 0 saturated carbocycles. The van der Waals surface area contributed by atoms with Crippen LogP contribution in [0.5, 0.6) is 5.75 Å². The summed E-state index contributed by atoms with van der Waals surface area (Å²) in [6.07, 6.45) is -0.177. The van der Waals surface area contributed by atoms with E-state index < -0.39 is 12.1 Å². The summed E-state index contributed by atoms with van der Waals surface area (Å²) < 4.78 is 11.1. The fraction of sp³-hybridized carbons (Fsp3) is 0.200.